The fourth-order valence-electron chi connectivity index (χ4n) is 3.81. The number of carbonyl (C=O) groups is 3. The van der Waals surface area contributed by atoms with Crippen molar-refractivity contribution >= 4 is 23.5 Å². The zero-order valence-electron chi connectivity index (χ0n) is 15.5. The van der Waals surface area contributed by atoms with Gasteiger partial charge in [-0.25, -0.2) is 4.79 Å². The Morgan fingerprint density at radius 3 is 2.50 bits per heavy atom. The van der Waals surface area contributed by atoms with Gasteiger partial charge in [0.1, 0.15) is 11.3 Å². The fraction of sp³-hybridized carbons (Fsp3) is 0.286. The molecule has 0 radical (unpaired) electrons. The first-order chi connectivity index (χ1) is 13.4. The van der Waals surface area contributed by atoms with Crippen molar-refractivity contribution in [2.45, 2.75) is 38.1 Å². The smallest absolute Gasteiger partial charge is 0.322 e. The van der Waals surface area contributed by atoms with E-state index < -0.39 is 23.4 Å². The van der Waals surface area contributed by atoms with Gasteiger partial charge in [0, 0.05) is 5.69 Å². The number of urea groups is 1. The monoisotopic (exact) mass is 379 g/mol. The van der Waals surface area contributed by atoms with Crippen LogP contribution in [0.5, 0.6) is 5.75 Å². The lowest BCUT2D eigenvalue weighted by Crippen LogP contribution is -2.40. The Hall–Kier alpha value is -3.35. The van der Waals surface area contributed by atoms with Crippen LogP contribution >= 0.6 is 0 Å². The molecular weight excluding hydrogens is 358 g/mol. The molecule has 1 heterocycles. The average molecular weight is 379 g/mol. The molecule has 1 saturated heterocycles. The highest BCUT2D eigenvalue weighted by atomic mass is 16.3. The summed E-state index contributed by atoms with van der Waals surface area (Å²) in [5, 5.41) is 17.9. The van der Waals surface area contributed by atoms with Crippen molar-refractivity contribution in [2.24, 2.45) is 0 Å². The zero-order chi connectivity index (χ0) is 19.9. The minimum Gasteiger partial charge on any atom is -0.507 e. The van der Waals surface area contributed by atoms with Crippen LogP contribution in [0.25, 0.3) is 0 Å². The third-order valence-corrected chi connectivity index (χ3v) is 5.45. The summed E-state index contributed by atoms with van der Waals surface area (Å²) in [7, 11) is 0. The van der Waals surface area contributed by atoms with Crippen LogP contribution in [0.1, 0.15) is 46.8 Å². The van der Waals surface area contributed by atoms with Crippen molar-refractivity contribution in [3.05, 3.63) is 58.7 Å². The summed E-state index contributed by atoms with van der Waals surface area (Å²) in [5.41, 5.74) is 2.23. The number of phenols is 1. The second-order valence-electron chi connectivity index (χ2n) is 7.41. The Bertz CT molecular complexity index is 1000. The van der Waals surface area contributed by atoms with Crippen molar-refractivity contribution in [2.75, 3.05) is 5.32 Å². The molecule has 4 amide bonds. The SMILES string of the molecule is CC1(c2cccc(NC(=O)c3cc4c(cc3O)CCCC4)c2)NC(=O)NC1=O. The Morgan fingerprint density at radius 1 is 1.11 bits per heavy atom. The highest BCUT2D eigenvalue weighted by Crippen LogP contribution is 2.30. The summed E-state index contributed by atoms with van der Waals surface area (Å²) in [6.07, 6.45) is 3.98. The van der Waals surface area contributed by atoms with Gasteiger partial charge < -0.3 is 15.7 Å². The van der Waals surface area contributed by atoms with Crippen molar-refractivity contribution in [1.29, 1.82) is 0 Å². The molecule has 1 fully saturated rings. The van der Waals surface area contributed by atoms with E-state index in [1.165, 1.54) is 0 Å². The van der Waals surface area contributed by atoms with Crippen LogP contribution in [0.4, 0.5) is 10.5 Å². The molecule has 0 aromatic heterocycles. The second kappa shape index (κ2) is 6.67. The van der Waals surface area contributed by atoms with E-state index in [4.69, 9.17) is 0 Å². The van der Waals surface area contributed by atoms with Gasteiger partial charge in [-0.3, -0.25) is 14.9 Å². The predicted molar refractivity (Wildman–Crippen MR) is 103 cm³/mol. The highest BCUT2D eigenvalue weighted by molar-refractivity contribution is 6.08. The number of aromatic hydroxyl groups is 1. The highest BCUT2D eigenvalue weighted by Gasteiger charge is 2.43. The molecule has 2 aliphatic rings. The second-order valence-corrected chi connectivity index (χ2v) is 7.41. The van der Waals surface area contributed by atoms with Gasteiger partial charge >= 0.3 is 6.03 Å². The fourth-order valence-corrected chi connectivity index (χ4v) is 3.81. The summed E-state index contributed by atoms with van der Waals surface area (Å²) < 4.78 is 0. The molecule has 7 heteroatoms. The standard InChI is InChI=1S/C21H21N3O4/c1-21(19(27)23-20(28)24-21)14-7-4-8-15(11-14)22-18(26)16-9-12-5-2-3-6-13(12)10-17(16)25/h4,7-11,25H,2-3,5-6H2,1H3,(H,22,26)(H2,23,24,27,28). The van der Waals surface area contributed by atoms with Crippen LogP contribution in [0, 0.1) is 0 Å². The largest absolute Gasteiger partial charge is 0.507 e. The van der Waals surface area contributed by atoms with Gasteiger partial charge in [-0.15, -0.1) is 0 Å². The van der Waals surface area contributed by atoms with Gasteiger partial charge in [-0.2, -0.15) is 0 Å². The number of imide groups is 1. The summed E-state index contributed by atoms with van der Waals surface area (Å²) in [6, 6.07) is 9.61. The van der Waals surface area contributed by atoms with Gasteiger partial charge in [0.05, 0.1) is 5.56 Å². The maximum atomic E-state index is 12.7. The summed E-state index contributed by atoms with van der Waals surface area (Å²) in [5.74, 6) is -0.912. The van der Waals surface area contributed by atoms with E-state index in [1.807, 2.05) is 0 Å². The number of fused-ring (bicyclic) bond motifs is 1. The van der Waals surface area contributed by atoms with E-state index in [9.17, 15) is 19.5 Å². The summed E-state index contributed by atoms with van der Waals surface area (Å²) in [6.45, 7) is 1.60. The molecule has 1 atom stereocenters. The van der Waals surface area contributed by atoms with Crippen molar-refractivity contribution in [1.82, 2.24) is 10.6 Å². The minimum absolute atomic E-state index is 0.0382. The van der Waals surface area contributed by atoms with Crippen LogP contribution in [0.15, 0.2) is 36.4 Å². The number of nitrogens with one attached hydrogen (secondary N) is 3. The molecule has 7 nitrogen and oxygen atoms in total. The molecule has 0 bridgehead atoms. The number of hydrogen-bond acceptors (Lipinski definition) is 4. The number of aryl methyl sites for hydroxylation is 2. The van der Waals surface area contributed by atoms with Crippen molar-refractivity contribution in [3.8, 4) is 5.75 Å². The quantitative estimate of drug-likeness (QED) is 0.615. The normalized spacial score (nSPS) is 20.9. The van der Waals surface area contributed by atoms with Gasteiger partial charge in [0.15, 0.2) is 0 Å². The molecule has 28 heavy (non-hydrogen) atoms. The summed E-state index contributed by atoms with van der Waals surface area (Å²) >= 11 is 0. The lowest BCUT2D eigenvalue weighted by Gasteiger charge is -2.22. The predicted octanol–water partition coefficient (Wildman–Crippen LogP) is 2.58. The number of anilines is 1. The van der Waals surface area contributed by atoms with Gasteiger partial charge in [0.2, 0.25) is 0 Å². The first-order valence-corrected chi connectivity index (χ1v) is 9.27. The van der Waals surface area contributed by atoms with Crippen LogP contribution in [0.2, 0.25) is 0 Å². The Morgan fingerprint density at radius 2 is 1.82 bits per heavy atom. The Balaban J connectivity index is 1.59. The topological polar surface area (TPSA) is 108 Å². The lowest BCUT2D eigenvalue weighted by atomic mass is 9.89. The minimum atomic E-state index is -1.20. The summed E-state index contributed by atoms with van der Waals surface area (Å²) in [4.78, 5) is 36.4. The lowest BCUT2D eigenvalue weighted by molar-refractivity contribution is -0.123. The van der Waals surface area contributed by atoms with E-state index in [0.29, 0.717) is 11.3 Å². The maximum absolute atomic E-state index is 12.7. The molecule has 1 aliphatic carbocycles. The van der Waals surface area contributed by atoms with E-state index in [0.717, 1.165) is 36.8 Å². The molecule has 4 rings (SSSR count). The van der Waals surface area contributed by atoms with Crippen LogP contribution < -0.4 is 16.0 Å². The van der Waals surface area contributed by atoms with Crippen LogP contribution in [-0.4, -0.2) is 23.0 Å². The van der Waals surface area contributed by atoms with E-state index in [-0.39, 0.29) is 11.3 Å². The van der Waals surface area contributed by atoms with Crippen molar-refractivity contribution < 1.29 is 19.5 Å². The van der Waals surface area contributed by atoms with Gasteiger partial charge in [-0.05, 0) is 73.6 Å². The first-order valence-electron chi connectivity index (χ1n) is 9.27. The third-order valence-electron chi connectivity index (χ3n) is 5.45. The number of hydrogen-bond donors (Lipinski definition) is 4. The van der Waals surface area contributed by atoms with Gasteiger partial charge in [-0.1, -0.05) is 12.1 Å². The van der Waals surface area contributed by atoms with Crippen LogP contribution in [-0.2, 0) is 23.2 Å². The molecule has 1 aliphatic heterocycles. The molecule has 2 aromatic carbocycles. The van der Waals surface area contributed by atoms with Crippen LogP contribution in [0.3, 0.4) is 0 Å². The number of carbonyl (C=O) groups excluding carboxylic acids is 3. The van der Waals surface area contributed by atoms with E-state index in [2.05, 4.69) is 16.0 Å². The molecular formula is C21H21N3O4. The van der Waals surface area contributed by atoms with E-state index in [1.54, 1.807) is 43.3 Å². The molecule has 0 spiro atoms. The zero-order valence-corrected chi connectivity index (χ0v) is 15.5. The number of rotatable bonds is 3. The third kappa shape index (κ3) is 3.09. The maximum Gasteiger partial charge on any atom is 0.322 e. The Kier molecular flexibility index (Phi) is 4.30. The van der Waals surface area contributed by atoms with E-state index >= 15 is 0 Å². The number of benzene rings is 2. The number of amides is 4. The average Bonchev–Trinajstić information content (AvgIpc) is 2.94. The molecule has 144 valence electrons. The Labute approximate surface area is 162 Å². The molecule has 4 N–H and O–H groups in total. The molecule has 1 unspecified atom stereocenters. The number of phenolic OH excluding ortho intramolecular Hbond substituents is 1. The van der Waals surface area contributed by atoms with Crippen molar-refractivity contribution in [3.63, 3.8) is 0 Å². The molecule has 2 aromatic rings. The molecule has 0 saturated carbocycles. The van der Waals surface area contributed by atoms with Gasteiger partial charge in [0.25, 0.3) is 11.8 Å². The first kappa shape index (κ1) is 18.0.